The van der Waals surface area contributed by atoms with Gasteiger partial charge in [0.1, 0.15) is 11.6 Å². The number of amides is 1. The molecule has 0 aliphatic carbocycles. The molecule has 0 radical (unpaired) electrons. The summed E-state index contributed by atoms with van der Waals surface area (Å²) in [4.78, 5) is 12.4. The molecule has 0 fully saturated rings. The minimum Gasteiger partial charge on any atom is -0.490 e. The summed E-state index contributed by atoms with van der Waals surface area (Å²) >= 11 is 12.7. The predicted octanol–water partition coefficient (Wildman–Crippen LogP) is 6.96. The average molecular weight is 459 g/mol. The summed E-state index contributed by atoms with van der Waals surface area (Å²) in [6, 6.07) is 14.7. The Kier molecular flexibility index (Phi) is 11.0. The number of benzene rings is 2. The highest BCUT2D eigenvalue weighted by Crippen LogP contribution is 2.35. The van der Waals surface area contributed by atoms with E-state index in [0.29, 0.717) is 34.5 Å². The number of hydrogen-bond donors (Lipinski definition) is 1. The Morgan fingerprint density at radius 3 is 2.35 bits per heavy atom. The van der Waals surface area contributed by atoms with Crippen LogP contribution in [0.15, 0.2) is 48.0 Å². The van der Waals surface area contributed by atoms with Crippen molar-refractivity contribution >= 4 is 35.2 Å². The van der Waals surface area contributed by atoms with Gasteiger partial charge in [0.2, 0.25) is 0 Å². The maximum Gasteiger partial charge on any atom is 0.262 e. The van der Waals surface area contributed by atoms with Crippen molar-refractivity contribution in [1.29, 1.82) is 5.26 Å². The van der Waals surface area contributed by atoms with Crippen LogP contribution in [0, 0.1) is 11.3 Å². The number of rotatable bonds is 12. The molecule has 31 heavy (non-hydrogen) atoms. The van der Waals surface area contributed by atoms with E-state index in [1.54, 1.807) is 12.1 Å². The standard InChI is InChI=1S/C25H28Cl2N2O2/c1-2-3-4-5-6-10-13-31-24-22(26)15-20(16-23(24)27)14-21(17-28)25(30)29-18-19-11-8-7-9-12-19/h7-9,11-12,14-16H,2-6,10,13,18H2,1H3,(H,29,30). The molecule has 0 aliphatic rings. The van der Waals surface area contributed by atoms with Crippen molar-refractivity contribution in [2.75, 3.05) is 6.61 Å². The van der Waals surface area contributed by atoms with Crippen molar-refractivity contribution in [3.63, 3.8) is 0 Å². The van der Waals surface area contributed by atoms with E-state index in [2.05, 4.69) is 12.2 Å². The molecular formula is C25H28Cl2N2O2. The summed E-state index contributed by atoms with van der Waals surface area (Å²) in [6.45, 7) is 3.08. The van der Waals surface area contributed by atoms with E-state index in [0.717, 1.165) is 18.4 Å². The zero-order valence-electron chi connectivity index (χ0n) is 17.8. The van der Waals surface area contributed by atoms with Gasteiger partial charge in [0, 0.05) is 6.54 Å². The van der Waals surface area contributed by atoms with Gasteiger partial charge in [-0.3, -0.25) is 4.79 Å². The van der Waals surface area contributed by atoms with Gasteiger partial charge >= 0.3 is 0 Å². The van der Waals surface area contributed by atoms with Gasteiger partial charge in [-0.1, -0.05) is 92.6 Å². The Labute approximate surface area is 194 Å². The first-order chi connectivity index (χ1) is 15.0. The van der Waals surface area contributed by atoms with Crippen molar-refractivity contribution in [2.45, 2.75) is 52.0 Å². The van der Waals surface area contributed by atoms with Gasteiger partial charge in [-0.25, -0.2) is 0 Å². The lowest BCUT2D eigenvalue weighted by Gasteiger charge is -2.11. The lowest BCUT2D eigenvalue weighted by atomic mass is 10.1. The second kappa shape index (κ2) is 13.7. The molecule has 0 saturated carbocycles. The maximum absolute atomic E-state index is 12.4. The number of carbonyl (C=O) groups excluding carboxylic acids is 1. The first kappa shape index (κ1) is 24.8. The van der Waals surface area contributed by atoms with Crippen molar-refractivity contribution < 1.29 is 9.53 Å². The number of hydrogen-bond acceptors (Lipinski definition) is 3. The molecule has 4 nitrogen and oxygen atoms in total. The number of nitrogens with one attached hydrogen (secondary N) is 1. The van der Waals surface area contributed by atoms with Gasteiger partial charge in [-0.2, -0.15) is 5.26 Å². The quantitative estimate of drug-likeness (QED) is 0.212. The third-order valence-electron chi connectivity index (χ3n) is 4.74. The molecule has 0 atom stereocenters. The van der Waals surface area contributed by atoms with Crippen molar-refractivity contribution in [1.82, 2.24) is 5.32 Å². The first-order valence-electron chi connectivity index (χ1n) is 10.6. The van der Waals surface area contributed by atoms with E-state index in [1.165, 1.54) is 31.8 Å². The lowest BCUT2D eigenvalue weighted by molar-refractivity contribution is -0.117. The third-order valence-corrected chi connectivity index (χ3v) is 5.30. The minimum absolute atomic E-state index is 0.0242. The second-order valence-electron chi connectivity index (χ2n) is 7.27. The molecule has 0 spiro atoms. The van der Waals surface area contributed by atoms with E-state index in [1.807, 2.05) is 36.4 Å². The van der Waals surface area contributed by atoms with E-state index in [9.17, 15) is 10.1 Å². The number of nitriles is 1. The molecule has 164 valence electrons. The van der Waals surface area contributed by atoms with E-state index < -0.39 is 5.91 Å². The molecule has 0 aromatic heterocycles. The molecule has 0 bridgehead atoms. The molecule has 1 amide bonds. The zero-order valence-corrected chi connectivity index (χ0v) is 19.3. The van der Waals surface area contributed by atoms with E-state index in [4.69, 9.17) is 27.9 Å². The summed E-state index contributed by atoms with van der Waals surface area (Å²) in [6.07, 6.45) is 8.46. The molecule has 2 aromatic carbocycles. The summed E-state index contributed by atoms with van der Waals surface area (Å²) in [5.41, 5.74) is 1.49. The van der Waals surface area contributed by atoms with Crippen molar-refractivity contribution in [3.8, 4) is 11.8 Å². The van der Waals surface area contributed by atoms with Crippen LogP contribution in [0.1, 0.15) is 56.6 Å². The number of nitrogens with zero attached hydrogens (tertiary/aromatic N) is 1. The fourth-order valence-corrected chi connectivity index (χ4v) is 3.66. The van der Waals surface area contributed by atoms with E-state index >= 15 is 0 Å². The molecule has 0 heterocycles. The summed E-state index contributed by atoms with van der Waals surface area (Å²) in [5.74, 6) is -0.0249. The highest BCUT2D eigenvalue weighted by atomic mass is 35.5. The van der Waals surface area contributed by atoms with Crippen LogP contribution in [0.5, 0.6) is 5.75 Å². The summed E-state index contributed by atoms with van der Waals surface area (Å²) < 4.78 is 5.77. The smallest absolute Gasteiger partial charge is 0.262 e. The molecule has 1 N–H and O–H groups in total. The maximum atomic E-state index is 12.4. The van der Waals surface area contributed by atoms with Crippen LogP contribution < -0.4 is 10.1 Å². The molecule has 0 saturated heterocycles. The Bertz CT molecular complexity index is 898. The van der Waals surface area contributed by atoms with Crippen LogP contribution in [0.25, 0.3) is 6.08 Å². The van der Waals surface area contributed by atoms with E-state index in [-0.39, 0.29) is 5.57 Å². The molecular weight excluding hydrogens is 431 g/mol. The fraction of sp³-hybridized carbons (Fsp3) is 0.360. The van der Waals surface area contributed by atoms with Gasteiger partial charge < -0.3 is 10.1 Å². The van der Waals surface area contributed by atoms with Gasteiger partial charge in [0.05, 0.1) is 16.7 Å². The van der Waals surface area contributed by atoms with Gasteiger partial charge in [-0.15, -0.1) is 0 Å². The van der Waals surface area contributed by atoms with Crippen LogP contribution in [-0.2, 0) is 11.3 Å². The van der Waals surface area contributed by atoms with Crippen molar-refractivity contribution in [3.05, 3.63) is 69.2 Å². The van der Waals surface area contributed by atoms with Gasteiger partial charge in [0.25, 0.3) is 5.91 Å². The topological polar surface area (TPSA) is 62.1 Å². The molecule has 2 aromatic rings. The Balaban J connectivity index is 1.96. The highest BCUT2D eigenvalue weighted by molar-refractivity contribution is 6.37. The molecule has 2 rings (SSSR count). The minimum atomic E-state index is -0.456. The largest absolute Gasteiger partial charge is 0.490 e. The van der Waals surface area contributed by atoms with Crippen LogP contribution in [0.2, 0.25) is 10.0 Å². The molecule has 6 heteroatoms. The number of unbranched alkanes of at least 4 members (excludes halogenated alkanes) is 5. The second-order valence-corrected chi connectivity index (χ2v) is 8.08. The third kappa shape index (κ3) is 8.65. The number of carbonyl (C=O) groups is 1. The monoisotopic (exact) mass is 458 g/mol. The lowest BCUT2D eigenvalue weighted by Crippen LogP contribution is -2.23. The molecule has 0 unspecified atom stereocenters. The van der Waals surface area contributed by atoms with Crippen LogP contribution in [-0.4, -0.2) is 12.5 Å². The highest BCUT2D eigenvalue weighted by Gasteiger charge is 2.12. The first-order valence-corrected chi connectivity index (χ1v) is 11.4. The zero-order chi connectivity index (χ0) is 22.5. The van der Waals surface area contributed by atoms with Crippen LogP contribution in [0.4, 0.5) is 0 Å². The van der Waals surface area contributed by atoms with Crippen LogP contribution in [0.3, 0.4) is 0 Å². The summed E-state index contributed by atoms with van der Waals surface area (Å²) in [7, 11) is 0. The average Bonchev–Trinajstić information content (AvgIpc) is 2.77. The number of halogens is 2. The Morgan fingerprint density at radius 2 is 1.71 bits per heavy atom. The van der Waals surface area contributed by atoms with Gasteiger partial charge in [0.15, 0.2) is 5.75 Å². The Morgan fingerprint density at radius 1 is 1.06 bits per heavy atom. The van der Waals surface area contributed by atoms with Crippen molar-refractivity contribution in [2.24, 2.45) is 0 Å². The normalized spacial score (nSPS) is 11.1. The SMILES string of the molecule is CCCCCCCCOc1c(Cl)cc(C=C(C#N)C(=O)NCc2ccccc2)cc1Cl. The fourth-order valence-electron chi connectivity index (χ4n) is 3.05. The van der Waals surface area contributed by atoms with Gasteiger partial charge in [-0.05, 0) is 35.8 Å². The number of ether oxygens (including phenoxy) is 1. The van der Waals surface area contributed by atoms with Crippen LogP contribution >= 0.6 is 23.2 Å². The predicted molar refractivity (Wildman–Crippen MR) is 127 cm³/mol. The summed E-state index contributed by atoms with van der Waals surface area (Å²) in [5, 5.41) is 12.8. The Hall–Kier alpha value is -2.48. The molecule has 0 aliphatic heterocycles.